The van der Waals surface area contributed by atoms with Gasteiger partial charge in [0.2, 0.25) is 0 Å². The molecule has 2 N–H and O–H groups in total. The summed E-state index contributed by atoms with van der Waals surface area (Å²) in [6.07, 6.45) is 2.60. The summed E-state index contributed by atoms with van der Waals surface area (Å²) in [5.41, 5.74) is 3.92. The summed E-state index contributed by atoms with van der Waals surface area (Å²) in [5.74, 6) is 0. The van der Waals surface area contributed by atoms with Gasteiger partial charge in [0.15, 0.2) is 0 Å². The van der Waals surface area contributed by atoms with Crippen molar-refractivity contribution in [1.29, 1.82) is 0 Å². The van der Waals surface area contributed by atoms with Crippen LogP contribution in [0.25, 0.3) is 0 Å². The van der Waals surface area contributed by atoms with Gasteiger partial charge in [0.05, 0.1) is 19.3 Å². The molecule has 4 heteroatoms. The third-order valence-electron chi connectivity index (χ3n) is 4.12. The molecular formula is C16H24N2O2. The van der Waals surface area contributed by atoms with E-state index in [0.717, 1.165) is 25.7 Å². The highest BCUT2D eigenvalue weighted by molar-refractivity contribution is 5.54. The lowest BCUT2D eigenvalue weighted by molar-refractivity contribution is 0.00354. The molecule has 1 aliphatic heterocycles. The fourth-order valence-corrected chi connectivity index (χ4v) is 2.78. The van der Waals surface area contributed by atoms with Gasteiger partial charge in [0.1, 0.15) is 0 Å². The summed E-state index contributed by atoms with van der Waals surface area (Å²) in [7, 11) is 0. The standard InChI is InChI=1S/C16H24N2O2/c1-12-8-13(9-17-14-3-4-14)2-5-16(12)18-6-7-20-15(10-18)11-19/h2,5,8,14-15,17,19H,3-4,6-7,9-11H2,1H3. The Morgan fingerprint density at radius 2 is 2.25 bits per heavy atom. The Balaban J connectivity index is 1.66. The van der Waals surface area contributed by atoms with Crippen molar-refractivity contribution in [2.45, 2.75) is 38.5 Å². The van der Waals surface area contributed by atoms with Crippen molar-refractivity contribution in [3.63, 3.8) is 0 Å². The van der Waals surface area contributed by atoms with Crippen LogP contribution in [0.2, 0.25) is 0 Å². The zero-order valence-corrected chi connectivity index (χ0v) is 12.1. The number of ether oxygens (including phenoxy) is 1. The Hall–Kier alpha value is -1.10. The van der Waals surface area contributed by atoms with Gasteiger partial charge in [-0.1, -0.05) is 12.1 Å². The molecule has 0 spiro atoms. The number of benzene rings is 1. The van der Waals surface area contributed by atoms with E-state index < -0.39 is 0 Å². The molecule has 110 valence electrons. The summed E-state index contributed by atoms with van der Waals surface area (Å²) < 4.78 is 5.51. The van der Waals surface area contributed by atoms with Crippen molar-refractivity contribution in [2.75, 3.05) is 31.2 Å². The fourth-order valence-electron chi connectivity index (χ4n) is 2.78. The third kappa shape index (κ3) is 3.32. The number of aryl methyl sites for hydroxylation is 1. The van der Waals surface area contributed by atoms with E-state index >= 15 is 0 Å². The number of aliphatic hydroxyl groups is 1. The van der Waals surface area contributed by atoms with Gasteiger partial charge in [-0.05, 0) is 37.0 Å². The highest BCUT2D eigenvalue weighted by Gasteiger charge is 2.22. The summed E-state index contributed by atoms with van der Waals surface area (Å²) in [4.78, 5) is 2.32. The van der Waals surface area contributed by atoms with Crippen molar-refractivity contribution in [2.24, 2.45) is 0 Å². The van der Waals surface area contributed by atoms with Crippen molar-refractivity contribution in [1.82, 2.24) is 5.32 Å². The van der Waals surface area contributed by atoms with Gasteiger partial charge in [-0.25, -0.2) is 0 Å². The van der Waals surface area contributed by atoms with Gasteiger partial charge >= 0.3 is 0 Å². The first kappa shape index (κ1) is 13.9. The lowest BCUT2D eigenvalue weighted by Gasteiger charge is -2.34. The maximum absolute atomic E-state index is 9.24. The number of hydrogen-bond acceptors (Lipinski definition) is 4. The molecule has 1 aliphatic carbocycles. The maximum atomic E-state index is 9.24. The second kappa shape index (κ2) is 6.12. The van der Waals surface area contributed by atoms with Gasteiger partial charge in [-0.3, -0.25) is 0 Å². The van der Waals surface area contributed by atoms with E-state index in [1.165, 1.54) is 29.7 Å². The van der Waals surface area contributed by atoms with Crippen molar-refractivity contribution < 1.29 is 9.84 Å². The van der Waals surface area contributed by atoms with Crippen LogP contribution in [0, 0.1) is 6.92 Å². The summed E-state index contributed by atoms with van der Waals surface area (Å²) >= 11 is 0. The normalized spacial score (nSPS) is 23.1. The second-order valence-electron chi connectivity index (χ2n) is 5.90. The smallest absolute Gasteiger partial charge is 0.0980 e. The van der Waals surface area contributed by atoms with Gasteiger partial charge in [0.25, 0.3) is 0 Å². The second-order valence-corrected chi connectivity index (χ2v) is 5.90. The molecule has 1 saturated heterocycles. The number of rotatable bonds is 5. The number of morpholine rings is 1. The molecule has 4 nitrogen and oxygen atoms in total. The minimum Gasteiger partial charge on any atom is -0.394 e. The van der Waals surface area contributed by atoms with Crippen LogP contribution in [0.4, 0.5) is 5.69 Å². The van der Waals surface area contributed by atoms with Crippen molar-refractivity contribution in [3.05, 3.63) is 29.3 Å². The highest BCUT2D eigenvalue weighted by atomic mass is 16.5. The summed E-state index contributed by atoms with van der Waals surface area (Å²) in [6, 6.07) is 7.44. The molecule has 0 radical (unpaired) electrons. The Kier molecular flexibility index (Phi) is 4.24. The lowest BCUT2D eigenvalue weighted by Crippen LogP contribution is -2.44. The van der Waals surface area contributed by atoms with Gasteiger partial charge in [-0.2, -0.15) is 0 Å². The van der Waals surface area contributed by atoms with E-state index in [0.29, 0.717) is 6.61 Å². The van der Waals surface area contributed by atoms with Crippen LogP contribution in [-0.4, -0.2) is 43.6 Å². The van der Waals surface area contributed by atoms with E-state index in [4.69, 9.17) is 4.74 Å². The molecule has 1 aromatic carbocycles. The Labute approximate surface area is 120 Å². The molecule has 0 aromatic heterocycles. The first-order valence-electron chi connectivity index (χ1n) is 7.56. The van der Waals surface area contributed by atoms with Crippen LogP contribution >= 0.6 is 0 Å². The predicted octanol–water partition coefficient (Wildman–Crippen LogP) is 1.44. The molecule has 0 amide bonds. The first-order valence-corrected chi connectivity index (χ1v) is 7.56. The number of anilines is 1. The van der Waals surface area contributed by atoms with Gasteiger partial charge in [0, 0.05) is 31.4 Å². The average Bonchev–Trinajstić information content (AvgIpc) is 3.29. The minimum absolute atomic E-state index is 0.0561. The van der Waals surface area contributed by atoms with Gasteiger partial charge in [-0.15, -0.1) is 0 Å². The fraction of sp³-hybridized carbons (Fsp3) is 0.625. The Morgan fingerprint density at radius 3 is 2.95 bits per heavy atom. The largest absolute Gasteiger partial charge is 0.394 e. The minimum atomic E-state index is -0.0561. The van der Waals surface area contributed by atoms with Crippen LogP contribution in [-0.2, 0) is 11.3 Å². The zero-order valence-electron chi connectivity index (χ0n) is 12.1. The van der Waals surface area contributed by atoms with E-state index in [-0.39, 0.29) is 12.7 Å². The summed E-state index contributed by atoms with van der Waals surface area (Å²) in [6.45, 7) is 5.59. The lowest BCUT2D eigenvalue weighted by atomic mass is 10.1. The number of hydrogen-bond donors (Lipinski definition) is 2. The van der Waals surface area contributed by atoms with Gasteiger partial charge < -0.3 is 20.1 Å². The molecule has 1 saturated carbocycles. The molecule has 0 bridgehead atoms. The Bertz CT molecular complexity index is 460. The van der Waals surface area contributed by atoms with Crippen LogP contribution in [0.15, 0.2) is 18.2 Å². The Morgan fingerprint density at radius 1 is 1.40 bits per heavy atom. The third-order valence-corrected chi connectivity index (χ3v) is 4.12. The van der Waals surface area contributed by atoms with Crippen LogP contribution < -0.4 is 10.2 Å². The van der Waals surface area contributed by atoms with E-state index in [2.05, 4.69) is 35.3 Å². The SMILES string of the molecule is Cc1cc(CNC2CC2)ccc1N1CCOC(CO)C1. The molecule has 1 heterocycles. The topological polar surface area (TPSA) is 44.7 Å². The monoisotopic (exact) mass is 276 g/mol. The van der Waals surface area contributed by atoms with Crippen molar-refractivity contribution in [3.8, 4) is 0 Å². The van der Waals surface area contributed by atoms with E-state index in [9.17, 15) is 5.11 Å². The molecule has 1 atom stereocenters. The molecule has 3 rings (SSSR count). The molecular weight excluding hydrogens is 252 g/mol. The number of aliphatic hydroxyl groups excluding tert-OH is 1. The molecule has 2 aliphatic rings. The number of nitrogens with zero attached hydrogens (tertiary/aromatic N) is 1. The number of nitrogens with one attached hydrogen (secondary N) is 1. The van der Waals surface area contributed by atoms with E-state index in [1.807, 2.05) is 0 Å². The molecule has 2 fully saturated rings. The average molecular weight is 276 g/mol. The maximum Gasteiger partial charge on any atom is 0.0980 e. The summed E-state index contributed by atoms with van der Waals surface area (Å²) in [5, 5.41) is 12.8. The van der Waals surface area contributed by atoms with Crippen LogP contribution in [0.1, 0.15) is 24.0 Å². The molecule has 20 heavy (non-hydrogen) atoms. The quantitative estimate of drug-likeness (QED) is 0.854. The highest BCUT2D eigenvalue weighted by Crippen LogP contribution is 2.24. The molecule has 1 unspecified atom stereocenters. The zero-order chi connectivity index (χ0) is 13.9. The van der Waals surface area contributed by atoms with E-state index in [1.54, 1.807) is 0 Å². The molecule has 1 aromatic rings. The first-order chi connectivity index (χ1) is 9.76. The van der Waals surface area contributed by atoms with Crippen molar-refractivity contribution >= 4 is 5.69 Å². The predicted molar refractivity (Wildman–Crippen MR) is 80.1 cm³/mol. The van der Waals surface area contributed by atoms with Crippen LogP contribution in [0.5, 0.6) is 0 Å². The van der Waals surface area contributed by atoms with Crippen LogP contribution in [0.3, 0.4) is 0 Å².